The van der Waals surface area contributed by atoms with E-state index in [-0.39, 0.29) is 6.61 Å². The second kappa shape index (κ2) is 34.7. The molecule has 3 atom stereocenters. The van der Waals surface area contributed by atoms with E-state index >= 15 is 0 Å². The maximum absolute atomic E-state index is 12.4. The maximum atomic E-state index is 12.4. The Morgan fingerprint density at radius 2 is 0.909 bits per heavy atom. The standard InChI is InChI=1S/C39H75NO4/c1-3-5-7-9-11-13-15-17-19-20-22-23-25-27-29-31-33-37(42)36(35-41)40-39(44)38(43)34-32-30-28-26-24-21-18-16-14-12-10-8-6-4-2/h12,14,16,18,36-38,41-43H,3-11,13,15,17,19-35H2,1-2H3,(H,40,44)/b14-12-,18-16-. The Kier molecular flexibility index (Phi) is 33.8. The lowest BCUT2D eigenvalue weighted by Crippen LogP contribution is -2.49. The summed E-state index contributed by atoms with van der Waals surface area (Å²) in [6, 6.07) is -0.715. The van der Waals surface area contributed by atoms with Crippen LogP contribution >= 0.6 is 0 Å². The largest absolute Gasteiger partial charge is 0.394 e. The van der Waals surface area contributed by atoms with E-state index in [0.717, 1.165) is 44.9 Å². The first-order valence-electron chi connectivity index (χ1n) is 19.2. The predicted molar refractivity (Wildman–Crippen MR) is 190 cm³/mol. The molecule has 44 heavy (non-hydrogen) atoms. The van der Waals surface area contributed by atoms with Crippen molar-refractivity contribution in [3.63, 3.8) is 0 Å². The molecule has 5 heteroatoms. The van der Waals surface area contributed by atoms with Crippen molar-refractivity contribution in [2.24, 2.45) is 0 Å². The molecule has 0 aromatic rings. The zero-order valence-corrected chi connectivity index (χ0v) is 29.3. The fraction of sp³-hybridized carbons (Fsp3) is 0.872. The number of unbranched alkanes of at least 4 members (excludes halogenated alkanes) is 23. The van der Waals surface area contributed by atoms with Crippen LogP contribution in [0.1, 0.15) is 194 Å². The summed E-state index contributed by atoms with van der Waals surface area (Å²) in [5.74, 6) is -0.483. The molecule has 0 heterocycles. The molecule has 0 aliphatic rings. The number of aliphatic hydroxyl groups excluding tert-OH is 3. The fourth-order valence-electron chi connectivity index (χ4n) is 5.77. The van der Waals surface area contributed by atoms with Crippen LogP contribution < -0.4 is 5.32 Å². The molecule has 0 aliphatic carbocycles. The molecule has 0 rings (SSSR count). The van der Waals surface area contributed by atoms with Gasteiger partial charge in [0, 0.05) is 0 Å². The van der Waals surface area contributed by atoms with Crippen LogP contribution in [0.2, 0.25) is 0 Å². The SMILES string of the molecule is CCCCC/C=C\C=C/CCCCCCCC(O)C(=O)NC(CO)C(O)CCCCCCCCCCCCCCCCCC. The van der Waals surface area contributed by atoms with Crippen LogP contribution in [-0.4, -0.2) is 46.1 Å². The number of hydrogen-bond acceptors (Lipinski definition) is 4. The summed E-state index contributed by atoms with van der Waals surface area (Å²) >= 11 is 0. The van der Waals surface area contributed by atoms with Gasteiger partial charge in [-0.3, -0.25) is 4.79 Å². The highest BCUT2D eigenvalue weighted by Crippen LogP contribution is 2.15. The van der Waals surface area contributed by atoms with Gasteiger partial charge in [0.2, 0.25) is 5.91 Å². The average Bonchev–Trinajstić information content (AvgIpc) is 3.03. The smallest absolute Gasteiger partial charge is 0.249 e. The number of amides is 1. The van der Waals surface area contributed by atoms with Gasteiger partial charge in [-0.05, 0) is 38.5 Å². The number of rotatable bonds is 34. The van der Waals surface area contributed by atoms with Gasteiger partial charge in [0.05, 0.1) is 18.8 Å². The first kappa shape index (κ1) is 42.8. The summed E-state index contributed by atoms with van der Waals surface area (Å²) in [4.78, 5) is 12.4. The van der Waals surface area contributed by atoms with Crippen molar-refractivity contribution in [2.45, 2.75) is 212 Å². The molecule has 0 aromatic heterocycles. The number of carbonyl (C=O) groups is 1. The van der Waals surface area contributed by atoms with Crippen LogP contribution in [0.4, 0.5) is 0 Å². The minimum absolute atomic E-state index is 0.318. The molecule has 1 amide bonds. The summed E-state index contributed by atoms with van der Waals surface area (Å²) in [6.07, 6.45) is 40.1. The Morgan fingerprint density at radius 3 is 1.36 bits per heavy atom. The van der Waals surface area contributed by atoms with Gasteiger partial charge in [-0.1, -0.05) is 179 Å². The highest BCUT2D eigenvalue weighted by Gasteiger charge is 2.23. The predicted octanol–water partition coefficient (Wildman–Crippen LogP) is 10.3. The topological polar surface area (TPSA) is 89.8 Å². The minimum Gasteiger partial charge on any atom is -0.394 e. The third-order valence-electron chi connectivity index (χ3n) is 8.85. The second-order valence-electron chi connectivity index (χ2n) is 13.2. The van der Waals surface area contributed by atoms with Crippen molar-refractivity contribution in [1.82, 2.24) is 5.32 Å². The number of carbonyl (C=O) groups excluding carboxylic acids is 1. The molecule has 0 radical (unpaired) electrons. The Hall–Kier alpha value is -1.17. The van der Waals surface area contributed by atoms with E-state index in [2.05, 4.69) is 43.5 Å². The molecule has 0 aromatic carbocycles. The third-order valence-corrected chi connectivity index (χ3v) is 8.85. The second-order valence-corrected chi connectivity index (χ2v) is 13.2. The number of allylic oxidation sites excluding steroid dienone is 4. The maximum Gasteiger partial charge on any atom is 0.249 e. The number of aliphatic hydroxyl groups is 3. The van der Waals surface area contributed by atoms with E-state index < -0.39 is 24.2 Å². The molecule has 0 bridgehead atoms. The molecule has 260 valence electrons. The third kappa shape index (κ3) is 29.5. The van der Waals surface area contributed by atoms with Crippen LogP contribution in [-0.2, 0) is 4.79 Å². The first-order chi connectivity index (χ1) is 21.6. The Balaban J connectivity index is 3.70. The fourth-order valence-corrected chi connectivity index (χ4v) is 5.77. The van der Waals surface area contributed by atoms with Crippen LogP contribution in [0.3, 0.4) is 0 Å². The molecule has 0 fully saturated rings. The summed E-state index contributed by atoms with van der Waals surface area (Å²) < 4.78 is 0. The van der Waals surface area contributed by atoms with E-state index in [9.17, 15) is 20.1 Å². The van der Waals surface area contributed by atoms with Crippen molar-refractivity contribution in [1.29, 1.82) is 0 Å². The van der Waals surface area contributed by atoms with Crippen molar-refractivity contribution in [2.75, 3.05) is 6.61 Å². The van der Waals surface area contributed by atoms with Crippen LogP contribution in [0.5, 0.6) is 0 Å². The molecule has 5 nitrogen and oxygen atoms in total. The highest BCUT2D eigenvalue weighted by molar-refractivity contribution is 5.80. The monoisotopic (exact) mass is 622 g/mol. The van der Waals surface area contributed by atoms with Gasteiger partial charge in [-0.2, -0.15) is 0 Å². The molecule has 4 N–H and O–H groups in total. The lowest BCUT2D eigenvalue weighted by molar-refractivity contribution is -0.131. The van der Waals surface area contributed by atoms with Crippen LogP contribution in [0.15, 0.2) is 24.3 Å². The average molecular weight is 622 g/mol. The van der Waals surface area contributed by atoms with Crippen molar-refractivity contribution in [3.8, 4) is 0 Å². The van der Waals surface area contributed by atoms with Crippen molar-refractivity contribution in [3.05, 3.63) is 24.3 Å². The lowest BCUT2D eigenvalue weighted by atomic mass is 10.0. The van der Waals surface area contributed by atoms with Gasteiger partial charge in [-0.15, -0.1) is 0 Å². The summed E-state index contributed by atoms with van der Waals surface area (Å²) in [6.45, 7) is 4.18. The van der Waals surface area contributed by atoms with Gasteiger partial charge in [0.1, 0.15) is 6.10 Å². The quantitative estimate of drug-likeness (QED) is 0.0425. The Bertz CT molecular complexity index is 650. The van der Waals surface area contributed by atoms with Crippen molar-refractivity contribution >= 4 is 5.91 Å². The molecule has 0 aliphatic heterocycles. The van der Waals surface area contributed by atoms with Crippen LogP contribution in [0, 0.1) is 0 Å². The Morgan fingerprint density at radius 1 is 0.545 bits per heavy atom. The van der Waals surface area contributed by atoms with Gasteiger partial charge >= 0.3 is 0 Å². The molecule has 3 unspecified atom stereocenters. The normalized spacial score (nSPS) is 14.0. The van der Waals surface area contributed by atoms with E-state index in [1.807, 2.05) is 0 Å². The minimum atomic E-state index is -1.08. The van der Waals surface area contributed by atoms with Gasteiger partial charge < -0.3 is 20.6 Å². The molecule has 0 spiro atoms. The summed E-state index contributed by atoms with van der Waals surface area (Å²) in [5.41, 5.74) is 0. The summed E-state index contributed by atoms with van der Waals surface area (Å²) in [7, 11) is 0. The number of nitrogens with one attached hydrogen (secondary N) is 1. The van der Waals surface area contributed by atoms with E-state index in [1.165, 1.54) is 122 Å². The first-order valence-corrected chi connectivity index (χ1v) is 19.2. The zero-order valence-electron chi connectivity index (χ0n) is 29.3. The van der Waals surface area contributed by atoms with Crippen molar-refractivity contribution < 1.29 is 20.1 Å². The van der Waals surface area contributed by atoms with E-state index in [1.54, 1.807) is 0 Å². The van der Waals surface area contributed by atoms with Crippen LogP contribution in [0.25, 0.3) is 0 Å². The molecular formula is C39H75NO4. The molecular weight excluding hydrogens is 546 g/mol. The van der Waals surface area contributed by atoms with Gasteiger partial charge in [0.25, 0.3) is 0 Å². The van der Waals surface area contributed by atoms with Gasteiger partial charge in [-0.25, -0.2) is 0 Å². The van der Waals surface area contributed by atoms with E-state index in [0.29, 0.717) is 12.8 Å². The summed E-state index contributed by atoms with van der Waals surface area (Å²) in [5, 5.41) is 33.1. The highest BCUT2D eigenvalue weighted by atomic mass is 16.3. The molecule has 0 saturated carbocycles. The van der Waals surface area contributed by atoms with Gasteiger partial charge in [0.15, 0.2) is 0 Å². The number of hydrogen-bond donors (Lipinski definition) is 4. The Labute approximate surface area is 273 Å². The molecule has 0 saturated heterocycles. The lowest BCUT2D eigenvalue weighted by Gasteiger charge is -2.23. The zero-order chi connectivity index (χ0) is 32.4. The van der Waals surface area contributed by atoms with E-state index in [4.69, 9.17) is 0 Å².